The number of aromatic amines is 1. The standard InChI is InChI=1S/C24H22ClN5O4/c1-24(2,34-15-10-8-14(25)9-11-15)22(32)27-20-13-18(19-7-4-12-33-19)29-30(20)23-26-17-6-3-5-16(17)21(31)28-23/h4,7-13H,3,5-6H2,1-2H3,(H,27,32)(H,26,28,31). The van der Waals surface area contributed by atoms with Crippen LogP contribution in [-0.2, 0) is 17.6 Å². The third-order valence-corrected chi connectivity index (χ3v) is 5.84. The van der Waals surface area contributed by atoms with Crippen molar-refractivity contribution in [2.24, 2.45) is 0 Å². The molecule has 1 aromatic carbocycles. The summed E-state index contributed by atoms with van der Waals surface area (Å²) in [6, 6.07) is 11.9. The van der Waals surface area contributed by atoms with Gasteiger partial charge in [0.25, 0.3) is 11.5 Å². The normalized spacial score (nSPS) is 13.0. The van der Waals surface area contributed by atoms with Crippen molar-refractivity contribution in [1.29, 1.82) is 0 Å². The average Bonchev–Trinajstić information content (AvgIpc) is 3.55. The number of nitrogens with one attached hydrogen (secondary N) is 2. The number of aryl methyl sites for hydroxylation is 1. The highest BCUT2D eigenvalue weighted by Gasteiger charge is 2.32. The van der Waals surface area contributed by atoms with E-state index in [1.54, 1.807) is 56.3 Å². The first-order valence-corrected chi connectivity index (χ1v) is 11.2. The van der Waals surface area contributed by atoms with Crippen LogP contribution in [0.5, 0.6) is 5.75 Å². The van der Waals surface area contributed by atoms with E-state index >= 15 is 0 Å². The molecule has 0 spiro atoms. The topological polar surface area (TPSA) is 115 Å². The maximum Gasteiger partial charge on any atom is 0.269 e. The van der Waals surface area contributed by atoms with Crippen LogP contribution in [-0.4, -0.2) is 31.3 Å². The van der Waals surface area contributed by atoms with E-state index in [1.165, 1.54) is 10.9 Å². The molecule has 0 saturated carbocycles. The Balaban J connectivity index is 1.49. The number of hydrogen-bond acceptors (Lipinski definition) is 6. The van der Waals surface area contributed by atoms with Gasteiger partial charge in [0.05, 0.1) is 12.0 Å². The molecule has 9 nitrogen and oxygen atoms in total. The second-order valence-electron chi connectivity index (χ2n) is 8.49. The monoisotopic (exact) mass is 479 g/mol. The Morgan fingerprint density at radius 2 is 2.03 bits per heavy atom. The van der Waals surface area contributed by atoms with E-state index in [1.807, 2.05) is 0 Å². The van der Waals surface area contributed by atoms with Crippen LogP contribution in [0, 0.1) is 0 Å². The fraction of sp³-hybridized carbons (Fsp3) is 0.250. The molecule has 2 N–H and O–H groups in total. The third kappa shape index (κ3) is 4.22. The Labute approximate surface area is 199 Å². The molecule has 1 aliphatic carbocycles. The number of aromatic nitrogens is 4. The lowest BCUT2D eigenvalue weighted by Gasteiger charge is -2.25. The molecule has 4 aromatic rings. The molecule has 0 bridgehead atoms. The van der Waals surface area contributed by atoms with Crippen LogP contribution < -0.4 is 15.6 Å². The molecule has 1 amide bonds. The summed E-state index contributed by atoms with van der Waals surface area (Å²) in [5, 5.41) is 7.96. The summed E-state index contributed by atoms with van der Waals surface area (Å²) in [5.41, 5.74) is 0.492. The van der Waals surface area contributed by atoms with Crippen molar-refractivity contribution in [3.63, 3.8) is 0 Å². The van der Waals surface area contributed by atoms with Gasteiger partial charge in [0.2, 0.25) is 5.95 Å². The molecule has 174 valence electrons. The summed E-state index contributed by atoms with van der Waals surface area (Å²) in [6.45, 7) is 3.31. The first-order valence-electron chi connectivity index (χ1n) is 10.8. The number of carbonyl (C=O) groups excluding carboxylic acids is 1. The fourth-order valence-electron chi connectivity index (χ4n) is 3.82. The number of hydrogen-bond donors (Lipinski definition) is 2. The Kier molecular flexibility index (Phi) is 5.49. The van der Waals surface area contributed by atoms with Gasteiger partial charge in [-0.2, -0.15) is 9.78 Å². The average molecular weight is 480 g/mol. The highest BCUT2D eigenvalue weighted by atomic mass is 35.5. The zero-order chi connectivity index (χ0) is 23.9. The summed E-state index contributed by atoms with van der Waals surface area (Å²) in [7, 11) is 0. The number of anilines is 1. The number of fused-ring (bicyclic) bond motifs is 1. The molecule has 0 atom stereocenters. The SMILES string of the molecule is CC(C)(Oc1ccc(Cl)cc1)C(=O)Nc1cc(-c2ccco2)nn1-c1nc2c(c(=O)[nH]1)CCC2. The number of halogens is 1. The van der Waals surface area contributed by atoms with E-state index in [0.29, 0.717) is 40.0 Å². The molecule has 0 fully saturated rings. The van der Waals surface area contributed by atoms with E-state index in [0.717, 1.165) is 18.5 Å². The number of rotatable bonds is 6. The Morgan fingerprint density at radius 1 is 1.24 bits per heavy atom. The molecular weight excluding hydrogens is 458 g/mol. The van der Waals surface area contributed by atoms with Crippen LogP contribution in [0.2, 0.25) is 5.02 Å². The van der Waals surface area contributed by atoms with Crippen LogP contribution in [0.3, 0.4) is 0 Å². The van der Waals surface area contributed by atoms with Gasteiger partial charge in [-0.25, -0.2) is 4.98 Å². The number of benzene rings is 1. The lowest BCUT2D eigenvalue weighted by Crippen LogP contribution is -2.43. The largest absolute Gasteiger partial charge is 0.478 e. The van der Waals surface area contributed by atoms with Gasteiger partial charge < -0.3 is 14.5 Å². The zero-order valence-electron chi connectivity index (χ0n) is 18.6. The number of H-pyrrole nitrogens is 1. The van der Waals surface area contributed by atoms with Gasteiger partial charge in [-0.05, 0) is 69.5 Å². The van der Waals surface area contributed by atoms with Gasteiger partial charge in [-0.15, -0.1) is 0 Å². The minimum Gasteiger partial charge on any atom is -0.478 e. The first kappa shape index (κ1) is 22.0. The third-order valence-electron chi connectivity index (χ3n) is 5.59. The highest BCUT2D eigenvalue weighted by Crippen LogP contribution is 2.27. The number of ether oxygens (including phenoxy) is 1. The summed E-state index contributed by atoms with van der Waals surface area (Å²) in [4.78, 5) is 33.2. The minimum atomic E-state index is -1.23. The lowest BCUT2D eigenvalue weighted by molar-refractivity contribution is -0.128. The molecule has 0 aliphatic heterocycles. The number of amides is 1. The van der Waals surface area contributed by atoms with Crippen LogP contribution in [0.1, 0.15) is 31.5 Å². The Morgan fingerprint density at radius 3 is 2.76 bits per heavy atom. The van der Waals surface area contributed by atoms with Crippen molar-refractivity contribution >= 4 is 23.3 Å². The molecule has 10 heteroatoms. The molecule has 3 heterocycles. The van der Waals surface area contributed by atoms with Crippen molar-refractivity contribution in [3.05, 3.63) is 75.4 Å². The van der Waals surface area contributed by atoms with Gasteiger partial charge in [-0.1, -0.05) is 11.6 Å². The van der Waals surface area contributed by atoms with E-state index in [2.05, 4.69) is 20.4 Å². The van der Waals surface area contributed by atoms with Crippen LogP contribution in [0.4, 0.5) is 5.82 Å². The maximum atomic E-state index is 13.2. The van der Waals surface area contributed by atoms with E-state index in [-0.39, 0.29) is 11.5 Å². The number of nitrogens with zero attached hydrogens (tertiary/aromatic N) is 3. The van der Waals surface area contributed by atoms with Crippen LogP contribution in [0.15, 0.2) is 57.9 Å². The molecular formula is C24H22ClN5O4. The number of carbonyl (C=O) groups is 1. The van der Waals surface area contributed by atoms with Crippen LogP contribution >= 0.6 is 11.6 Å². The summed E-state index contributed by atoms with van der Waals surface area (Å²) < 4.78 is 12.8. The molecule has 3 aromatic heterocycles. The van der Waals surface area contributed by atoms with Gasteiger partial charge >= 0.3 is 0 Å². The molecule has 0 radical (unpaired) electrons. The maximum absolute atomic E-state index is 13.2. The van der Waals surface area contributed by atoms with Gasteiger partial charge in [0.15, 0.2) is 11.4 Å². The van der Waals surface area contributed by atoms with Gasteiger partial charge in [-0.3, -0.25) is 14.6 Å². The predicted molar refractivity (Wildman–Crippen MR) is 126 cm³/mol. The fourth-order valence-corrected chi connectivity index (χ4v) is 3.94. The highest BCUT2D eigenvalue weighted by molar-refractivity contribution is 6.30. The van der Waals surface area contributed by atoms with E-state index < -0.39 is 11.5 Å². The predicted octanol–water partition coefficient (Wildman–Crippen LogP) is 4.15. The molecule has 0 unspecified atom stereocenters. The summed E-state index contributed by atoms with van der Waals surface area (Å²) >= 11 is 5.94. The molecule has 1 aliphatic rings. The summed E-state index contributed by atoms with van der Waals surface area (Å²) in [6.07, 6.45) is 3.84. The number of furan rings is 1. The zero-order valence-corrected chi connectivity index (χ0v) is 19.3. The van der Waals surface area contributed by atoms with Crippen molar-refractivity contribution in [1.82, 2.24) is 19.7 Å². The second kappa shape index (κ2) is 8.49. The Bertz CT molecular complexity index is 1400. The lowest BCUT2D eigenvalue weighted by atomic mass is 10.1. The van der Waals surface area contributed by atoms with Crippen molar-refractivity contribution < 1.29 is 13.9 Å². The molecule has 5 rings (SSSR count). The summed E-state index contributed by atoms with van der Waals surface area (Å²) in [5.74, 6) is 1.12. The Hall–Kier alpha value is -3.85. The van der Waals surface area contributed by atoms with Crippen molar-refractivity contribution in [3.8, 4) is 23.2 Å². The van der Waals surface area contributed by atoms with E-state index in [9.17, 15) is 9.59 Å². The minimum absolute atomic E-state index is 0.198. The second-order valence-corrected chi connectivity index (χ2v) is 8.93. The van der Waals surface area contributed by atoms with Crippen LogP contribution in [0.25, 0.3) is 17.4 Å². The smallest absolute Gasteiger partial charge is 0.269 e. The molecule has 34 heavy (non-hydrogen) atoms. The first-order chi connectivity index (χ1) is 16.3. The van der Waals surface area contributed by atoms with E-state index in [4.69, 9.17) is 20.8 Å². The van der Waals surface area contributed by atoms with Crippen molar-refractivity contribution in [2.45, 2.75) is 38.7 Å². The van der Waals surface area contributed by atoms with Crippen molar-refractivity contribution in [2.75, 3.05) is 5.32 Å². The molecule has 0 saturated heterocycles. The quantitative estimate of drug-likeness (QED) is 0.429. The van der Waals surface area contributed by atoms with Gasteiger partial charge in [0.1, 0.15) is 17.3 Å². The van der Waals surface area contributed by atoms with Gasteiger partial charge in [0, 0.05) is 16.7 Å².